The van der Waals surface area contributed by atoms with Gasteiger partial charge in [-0.25, -0.2) is 0 Å². The molecule has 1 fully saturated rings. The monoisotopic (exact) mass is 351 g/mol. The molecular formula is C21H25N3O2. The first-order valence-corrected chi connectivity index (χ1v) is 9.43. The van der Waals surface area contributed by atoms with Gasteiger partial charge >= 0.3 is 0 Å². The second-order valence-corrected chi connectivity index (χ2v) is 7.48. The van der Waals surface area contributed by atoms with Crippen molar-refractivity contribution in [3.05, 3.63) is 41.7 Å². The van der Waals surface area contributed by atoms with E-state index >= 15 is 0 Å². The highest BCUT2D eigenvalue weighted by molar-refractivity contribution is 6.36. The number of aryl methyl sites for hydroxylation is 1. The van der Waals surface area contributed by atoms with Crippen molar-refractivity contribution in [1.82, 2.24) is 14.8 Å². The van der Waals surface area contributed by atoms with Gasteiger partial charge in [0.15, 0.2) is 0 Å². The van der Waals surface area contributed by atoms with Crippen LogP contribution in [-0.4, -0.2) is 34.9 Å². The Balaban J connectivity index is 1.74. The summed E-state index contributed by atoms with van der Waals surface area (Å²) in [6.07, 6.45) is 8.17. The number of nitrogens with one attached hydrogen (secondary N) is 1. The lowest BCUT2D eigenvalue weighted by Gasteiger charge is -2.22. The number of fused-ring (bicyclic) bond motifs is 1. The fourth-order valence-electron chi connectivity index (χ4n) is 4.23. The van der Waals surface area contributed by atoms with Gasteiger partial charge in [0, 0.05) is 43.3 Å². The number of amides is 2. The van der Waals surface area contributed by atoms with E-state index < -0.39 is 0 Å². The summed E-state index contributed by atoms with van der Waals surface area (Å²) in [6.45, 7) is 0.760. The van der Waals surface area contributed by atoms with E-state index in [1.807, 2.05) is 42.1 Å². The second kappa shape index (κ2) is 6.63. The van der Waals surface area contributed by atoms with Crippen molar-refractivity contribution in [1.29, 1.82) is 0 Å². The van der Waals surface area contributed by atoms with Crippen LogP contribution in [0.25, 0.3) is 16.5 Å². The summed E-state index contributed by atoms with van der Waals surface area (Å²) < 4.78 is 2.01. The topological polar surface area (TPSA) is 54.3 Å². The first-order chi connectivity index (χ1) is 12.6. The molecule has 0 radical (unpaired) electrons. The van der Waals surface area contributed by atoms with Crippen LogP contribution in [0.15, 0.2) is 36.2 Å². The molecule has 2 amide bonds. The number of nitrogens with zero attached hydrogens (tertiary/aromatic N) is 2. The number of aromatic nitrogens is 1. The van der Waals surface area contributed by atoms with Crippen LogP contribution in [0.2, 0.25) is 0 Å². The van der Waals surface area contributed by atoms with Gasteiger partial charge in [-0.15, -0.1) is 0 Å². The van der Waals surface area contributed by atoms with Crippen LogP contribution in [0.4, 0.5) is 0 Å². The molecule has 5 nitrogen and oxygen atoms in total. The first-order valence-electron chi connectivity index (χ1n) is 9.43. The molecule has 0 bridgehead atoms. The van der Waals surface area contributed by atoms with E-state index in [0.29, 0.717) is 17.2 Å². The zero-order valence-corrected chi connectivity index (χ0v) is 15.4. The Morgan fingerprint density at radius 2 is 1.77 bits per heavy atom. The Morgan fingerprint density at radius 1 is 1.04 bits per heavy atom. The van der Waals surface area contributed by atoms with Crippen molar-refractivity contribution in [3.8, 4) is 0 Å². The van der Waals surface area contributed by atoms with Crippen LogP contribution in [0.3, 0.4) is 0 Å². The predicted octanol–water partition coefficient (Wildman–Crippen LogP) is 3.06. The fraction of sp³-hybridized carbons (Fsp3) is 0.429. The Bertz CT molecular complexity index is 903. The zero-order chi connectivity index (χ0) is 18.3. The summed E-state index contributed by atoms with van der Waals surface area (Å²) in [7, 11) is 3.53. The summed E-state index contributed by atoms with van der Waals surface area (Å²) in [6, 6.07) is 7.98. The lowest BCUT2D eigenvalue weighted by Crippen LogP contribution is -2.32. The summed E-state index contributed by atoms with van der Waals surface area (Å²) in [5.41, 5.74) is 2.85. The molecule has 0 unspecified atom stereocenters. The van der Waals surface area contributed by atoms with Gasteiger partial charge in [0.05, 0.1) is 5.57 Å². The predicted molar refractivity (Wildman–Crippen MR) is 102 cm³/mol. The van der Waals surface area contributed by atoms with Gasteiger partial charge in [-0.05, 0) is 24.8 Å². The molecule has 4 rings (SSSR count). The molecule has 1 saturated carbocycles. The number of carbonyl (C=O) groups is 2. The smallest absolute Gasteiger partial charge is 0.277 e. The SMILES string of the molecule is CN1C(=O)C(NCC2CCCCC2)=C(c2cn(C)c3ccccc23)C1=O. The molecule has 1 aliphatic heterocycles. The minimum Gasteiger partial charge on any atom is -0.380 e. The number of carbonyl (C=O) groups excluding carboxylic acids is 2. The van der Waals surface area contributed by atoms with Gasteiger partial charge < -0.3 is 9.88 Å². The van der Waals surface area contributed by atoms with Crippen molar-refractivity contribution >= 4 is 28.3 Å². The number of benzene rings is 1. The fourth-order valence-corrected chi connectivity index (χ4v) is 4.23. The van der Waals surface area contributed by atoms with Crippen LogP contribution in [0.5, 0.6) is 0 Å². The van der Waals surface area contributed by atoms with Crippen molar-refractivity contribution in [2.75, 3.05) is 13.6 Å². The van der Waals surface area contributed by atoms with Gasteiger partial charge in [0.2, 0.25) is 0 Å². The lowest BCUT2D eigenvalue weighted by atomic mass is 9.89. The maximum atomic E-state index is 12.8. The molecule has 136 valence electrons. The number of para-hydroxylation sites is 1. The van der Waals surface area contributed by atoms with Crippen molar-refractivity contribution in [2.24, 2.45) is 13.0 Å². The highest BCUT2D eigenvalue weighted by Crippen LogP contribution is 2.33. The second-order valence-electron chi connectivity index (χ2n) is 7.48. The Hall–Kier alpha value is -2.56. The zero-order valence-electron chi connectivity index (χ0n) is 15.4. The number of imide groups is 1. The molecule has 2 aromatic rings. The quantitative estimate of drug-likeness (QED) is 0.862. The number of rotatable bonds is 4. The third kappa shape index (κ3) is 2.71. The minimum absolute atomic E-state index is 0.225. The van der Waals surface area contributed by atoms with Crippen molar-refractivity contribution < 1.29 is 9.59 Å². The largest absolute Gasteiger partial charge is 0.380 e. The molecule has 0 saturated heterocycles. The maximum Gasteiger partial charge on any atom is 0.277 e. The van der Waals surface area contributed by atoms with Crippen molar-refractivity contribution in [2.45, 2.75) is 32.1 Å². The first kappa shape index (κ1) is 16.9. The molecule has 1 aromatic heterocycles. The molecular weight excluding hydrogens is 326 g/mol. The molecule has 0 atom stereocenters. The molecule has 2 aliphatic rings. The molecule has 1 aliphatic carbocycles. The van der Waals surface area contributed by atoms with Gasteiger partial charge in [-0.3, -0.25) is 14.5 Å². The maximum absolute atomic E-state index is 12.8. The van der Waals surface area contributed by atoms with Gasteiger partial charge in [0.1, 0.15) is 5.70 Å². The number of hydrogen-bond donors (Lipinski definition) is 1. The summed E-state index contributed by atoms with van der Waals surface area (Å²) in [5.74, 6) is 0.130. The van der Waals surface area contributed by atoms with E-state index in [4.69, 9.17) is 0 Å². The highest BCUT2D eigenvalue weighted by Gasteiger charge is 2.38. The van der Waals surface area contributed by atoms with Gasteiger partial charge in [0.25, 0.3) is 11.8 Å². The average Bonchev–Trinajstić information content (AvgIpc) is 3.10. The number of likely N-dealkylation sites (N-methyl/N-ethyl adjacent to an activating group) is 1. The van der Waals surface area contributed by atoms with E-state index in [2.05, 4.69) is 5.32 Å². The minimum atomic E-state index is -0.228. The van der Waals surface area contributed by atoms with Crippen molar-refractivity contribution in [3.63, 3.8) is 0 Å². The third-order valence-corrected chi connectivity index (χ3v) is 5.75. The van der Waals surface area contributed by atoms with E-state index in [1.54, 1.807) is 7.05 Å². The molecule has 0 spiro atoms. The van der Waals surface area contributed by atoms with Crippen LogP contribution in [-0.2, 0) is 16.6 Å². The van der Waals surface area contributed by atoms with Crippen LogP contribution in [0.1, 0.15) is 37.7 Å². The standard InChI is InChI=1S/C21H25N3O2/c1-23-13-16(15-10-6-7-11-17(15)23)18-19(21(26)24(2)20(18)25)22-12-14-8-4-3-5-9-14/h6-7,10-11,13-14,22H,3-5,8-9,12H2,1-2H3. The normalized spacial score (nSPS) is 19.1. The van der Waals surface area contributed by atoms with E-state index in [1.165, 1.54) is 37.0 Å². The third-order valence-electron chi connectivity index (χ3n) is 5.75. The van der Waals surface area contributed by atoms with E-state index in [0.717, 1.165) is 23.0 Å². The van der Waals surface area contributed by atoms with Gasteiger partial charge in [-0.2, -0.15) is 0 Å². The van der Waals surface area contributed by atoms with E-state index in [-0.39, 0.29) is 11.8 Å². The molecule has 5 heteroatoms. The number of hydrogen-bond acceptors (Lipinski definition) is 3. The Morgan fingerprint density at radius 3 is 2.54 bits per heavy atom. The summed E-state index contributed by atoms with van der Waals surface area (Å²) >= 11 is 0. The molecule has 2 heterocycles. The molecule has 26 heavy (non-hydrogen) atoms. The van der Waals surface area contributed by atoms with E-state index in [9.17, 15) is 9.59 Å². The van der Waals surface area contributed by atoms with Crippen LogP contribution < -0.4 is 5.32 Å². The van der Waals surface area contributed by atoms with Crippen LogP contribution in [0, 0.1) is 5.92 Å². The van der Waals surface area contributed by atoms with Crippen LogP contribution >= 0.6 is 0 Å². The Kier molecular flexibility index (Phi) is 4.31. The van der Waals surface area contributed by atoms with Gasteiger partial charge in [-0.1, -0.05) is 37.5 Å². The average molecular weight is 351 g/mol. The molecule has 1 aromatic carbocycles. The summed E-state index contributed by atoms with van der Waals surface area (Å²) in [4.78, 5) is 26.7. The summed E-state index contributed by atoms with van der Waals surface area (Å²) in [5, 5.41) is 4.34. The lowest BCUT2D eigenvalue weighted by molar-refractivity contribution is -0.135. The highest BCUT2D eigenvalue weighted by atomic mass is 16.2. The Labute approximate surface area is 153 Å². The molecule has 1 N–H and O–H groups in total.